The highest BCUT2D eigenvalue weighted by molar-refractivity contribution is 5.77. The maximum Gasteiger partial charge on any atom is 0.323 e. The van der Waals surface area contributed by atoms with Crippen molar-refractivity contribution >= 4 is 5.97 Å². The Morgan fingerprint density at radius 1 is 1.42 bits per heavy atom. The molecule has 3 nitrogen and oxygen atoms in total. The van der Waals surface area contributed by atoms with Crippen LogP contribution in [0.3, 0.4) is 0 Å². The fraction of sp³-hybridized carbons (Fsp3) is 0.889. The molecule has 0 aliphatic rings. The lowest BCUT2D eigenvalue weighted by Gasteiger charge is -2.33. The molecule has 1 N–H and O–H groups in total. The largest absolute Gasteiger partial charge is 0.480 e. The number of nitrogens with zero attached hydrogens (tertiary/aromatic N) is 1. The number of carbonyl (C=O) groups is 1. The third kappa shape index (κ3) is 2.48. The zero-order chi connectivity index (χ0) is 9.78. The van der Waals surface area contributed by atoms with Crippen LogP contribution < -0.4 is 0 Å². The van der Waals surface area contributed by atoms with Crippen molar-refractivity contribution in [3.63, 3.8) is 0 Å². The Bertz CT molecular complexity index is 155. The van der Waals surface area contributed by atoms with Crippen molar-refractivity contribution < 1.29 is 9.90 Å². The van der Waals surface area contributed by atoms with E-state index < -0.39 is 11.5 Å². The topological polar surface area (TPSA) is 40.5 Å². The standard InChI is InChI=1S/C9H19NO2/c1-5-7-10(6-2)9(3,4)8(11)12/h5-7H2,1-4H3,(H,11,12). The first-order chi connectivity index (χ1) is 5.46. The summed E-state index contributed by atoms with van der Waals surface area (Å²) >= 11 is 0. The van der Waals surface area contributed by atoms with Gasteiger partial charge in [-0.25, -0.2) is 0 Å². The van der Waals surface area contributed by atoms with Crippen LogP contribution >= 0.6 is 0 Å². The Morgan fingerprint density at radius 2 is 1.92 bits per heavy atom. The third-order valence-corrected chi connectivity index (χ3v) is 2.19. The van der Waals surface area contributed by atoms with Crippen molar-refractivity contribution in [1.29, 1.82) is 0 Å². The van der Waals surface area contributed by atoms with Gasteiger partial charge in [-0.3, -0.25) is 9.69 Å². The molecule has 0 rings (SSSR count). The summed E-state index contributed by atoms with van der Waals surface area (Å²) in [7, 11) is 0. The lowest BCUT2D eigenvalue weighted by atomic mass is 10.0. The molecule has 0 bridgehead atoms. The SMILES string of the molecule is CCCN(CC)C(C)(C)C(=O)O. The number of hydrogen-bond donors (Lipinski definition) is 1. The molecule has 3 heteroatoms. The lowest BCUT2D eigenvalue weighted by molar-refractivity contribution is -0.149. The molecular formula is C9H19NO2. The average molecular weight is 173 g/mol. The minimum Gasteiger partial charge on any atom is -0.480 e. The van der Waals surface area contributed by atoms with E-state index in [4.69, 9.17) is 5.11 Å². The van der Waals surface area contributed by atoms with E-state index in [0.717, 1.165) is 19.5 Å². The van der Waals surface area contributed by atoms with E-state index in [1.54, 1.807) is 13.8 Å². The van der Waals surface area contributed by atoms with Crippen LogP contribution in [0.4, 0.5) is 0 Å². The fourth-order valence-corrected chi connectivity index (χ4v) is 1.24. The molecular weight excluding hydrogens is 154 g/mol. The van der Waals surface area contributed by atoms with Gasteiger partial charge in [0.25, 0.3) is 0 Å². The highest BCUT2D eigenvalue weighted by Crippen LogP contribution is 2.14. The highest BCUT2D eigenvalue weighted by Gasteiger charge is 2.32. The van der Waals surface area contributed by atoms with Gasteiger partial charge in [-0.2, -0.15) is 0 Å². The second-order valence-corrected chi connectivity index (χ2v) is 3.44. The molecule has 0 atom stereocenters. The second-order valence-electron chi connectivity index (χ2n) is 3.44. The van der Waals surface area contributed by atoms with Crippen molar-refractivity contribution in [3.8, 4) is 0 Å². The van der Waals surface area contributed by atoms with Crippen molar-refractivity contribution in [2.75, 3.05) is 13.1 Å². The molecule has 0 aromatic carbocycles. The summed E-state index contributed by atoms with van der Waals surface area (Å²) < 4.78 is 0. The quantitative estimate of drug-likeness (QED) is 0.686. The van der Waals surface area contributed by atoms with Gasteiger partial charge >= 0.3 is 5.97 Å². The van der Waals surface area contributed by atoms with Gasteiger partial charge in [0.05, 0.1) is 0 Å². The first kappa shape index (κ1) is 11.4. The maximum absolute atomic E-state index is 10.9. The zero-order valence-corrected chi connectivity index (χ0v) is 8.42. The van der Waals surface area contributed by atoms with E-state index >= 15 is 0 Å². The van der Waals surface area contributed by atoms with Crippen LogP contribution in [0.15, 0.2) is 0 Å². The van der Waals surface area contributed by atoms with Crippen molar-refractivity contribution in [3.05, 3.63) is 0 Å². The Hall–Kier alpha value is -0.570. The summed E-state index contributed by atoms with van der Waals surface area (Å²) in [5, 5.41) is 8.93. The lowest BCUT2D eigenvalue weighted by Crippen LogP contribution is -2.50. The van der Waals surface area contributed by atoms with Crippen LogP contribution in [-0.2, 0) is 4.79 Å². The predicted molar refractivity (Wildman–Crippen MR) is 49.3 cm³/mol. The predicted octanol–water partition coefficient (Wildman–Crippen LogP) is 1.58. The van der Waals surface area contributed by atoms with Gasteiger partial charge in [-0.1, -0.05) is 13.8 Å². The fourth-order valence-electron chi connectivity index (χ4n) is 1.24. The molecule has 0 amide bonds. The monoisotopic (exact) mass is 173 g/mol. The van der Waals surface area contributed by atoms with Gasteiger partial charge in [0, 0.05) is 0 Å². The Kier molecular flexibility index (Phi) is 4.24. The van der Waals surface area contributed by atoms with Crippen LogP contribution in [-0.4, -0.2) is 34.6 Å². The van der Waals surface area contributed by atoms with Crippen LogP contribution in [0.1, 0.15) is 34.1 Å². The highest BCUT2D eigenvalue weighted by atomic mass is 16.4. The van der Waals surface area contributed by atoms with Crippen molar-refractivity contribution in [2.24, 2.45) is 0 Å². The average Bonchev–Trinajstić information content (AvgIpc) is 1.99. The van der Waals surface area contributed by atoms with Gasteiger partial charge < -0.3 is 5.11 Å². The van der Waals surface area contributed by atoms with E-state index in [1.807, 2.05) is 11.8 Å². The van der Waals surface area contributed by atoms with Crippen LogP contribution in [0.5, 0.6) is 0 Å². The Labute approximate surface area is 74.4 Å². The zero-order valence-electron chi connectivity index (χ0n) is 8.42. The molecule has 0 unspecified atom stereocenters. The van der Waals surface area contributed by atoms with Gasteiger partial charge in [-0.15, -0.1) is 0 Å². The number of carboxylic acid groups (broad SMARTS) is 1. The summed E-state index contributed by atoms with van der Waals surface area (Å²) in [5.41, 5.74) is -0.731. The third-order valence-electron chi connectivity index (χ3n) is 2.19. The summed E-state index contributed by atoms with van der Waals surface area (Å²) in [6, 6.07) is 0. The first-order valence-corrected chi connectivity index (χ1v) is 4.45. The van der Waals surface area contributed by atoms with Gasteiger partial charge in [-0.05, 0) is 33.4 Å². The first-order valence-electron chi connectivity index (χ1n) is 4.45. The van der Waals surface area contributed by atoms with Gasteiger partial charge in [0.2, 0.25) is 0 Å². The van der Waals surface area contributed by atoms with E-state index in [9.17, 15) is 4.79 Å². The molecule has 0 saturated heterocycles. The van der Waals surface area contributed by atoms with Crippen LogP contribution in [0, 0.1) is 0 Å². The number of aliphatic carboxylic acids is 1. The van der Waals surface area contributed by atoms with Crippen LogP contribution in [0.25, 0.3) is 0 Å². The molecule has 0 fully saturated rings. The summed E-state index contributed by atoms with van der Waals surface area (Å²) in [6.07, 6.45) is 0.991. The molecule has 0 spiro atoms. The minimum absolute atomic E-state index is 0.731. The normalized spacial score (nSPS) is 12.1. The minimum atomic E-state index is -0.752. The van der Waals surface area contributed by atoms with Crippen LogP contribution in [0.2, 0.25) is 0 Å². The summed E-state index contributed by atoms with van der Waals surface area (Å²) in [5.74, 6) is -0.752. The summed E-state index contributed by atoms with van der Waals surface area (Å²) in [4.78, 5) is 12.8. The van der Waals surface area contributed by atoms with Crippen molar-refractivity contribution in [2.45, 2.75) is 39.7 Å². The Balaban J connectivity index is 4.36. The summed E-state index contributed by atoms with van der Waals surface area (Å²) in [6.45, 7) is 9.16. The number of carboxylic acids is 1. The van der Waals surface area contributed by atoms with Gasteiger partial charge in [0.15, 0.2) is 0 Å². The molecule has 0 radical (unpaired) electrons. The van der Waals surface area contributed by atoms with E-state index in [0.29, 0.717) is 0 Å². The molecule has 0 aliphatic heterocycles. The van der Waals surface area contributed by atoms with Gasteiger partial charge in [0.1, 0.15) is 5.54 Å². The molecule has 0 aliphatic carbocycles. The second kappa shape index (κ2) is 4.45. The number of rotatable bonds is 5. The van der Waals surface area contributed by atoms with E-state index in [-0.39, 0.29) is 0 Å². The molecule has 0 saturated carbocycles. The Morgan fingerprint density at radius 3 is 2.17 bits per heavy atom. The van der Waals surface area contributed by atoms with E-state index in [2.05, 4.69) is 6.92 Å². The maximum atomic E-state index is 10.9. The molecule has 0 aromatic heterocycles. The molecule has 0 heterocycles. The molecule has 0 aromatic rings. The van der Waals surface area contributed by atoms with E-state index in [1.165, 1.54) is 0 Å². The molecule has 72 valence electrons. The number of likely N-dealkylation sites (N-methyl/N-ethyl adjacent to an activating group) is 1. The smallest absolute Gasteiger partial charge is 0.323 e. The van der Waals surface area contributed by atoms with Crippen molar-refractivity contribution in [1.82, 2.24) is 4.90 Å². The molecule has 12 heavy (non-hydrogen) atoms. The number of hydrogen-bond acceptors (Lipinski definition) is 2.